The van der Waals surface area contributed by atoms with Gasteiger partial charge in [0.15, 0.2) is 6.29 Å². The van der Waals surface area contributed by atoms with Crippen LogP contribution in [0.2, 0.25) is 0 Å². The zero-order valence-electron chi connectivity index (χ0n) is 7.79. The van der Waals surface area contributed by atoms with Crippen LogP contribution in [0.4, 0.5) is 0 Å². The highest BCUT2D eigenvalue weighted by Crippen LogP contribution is 2.44. The first-order chi connectivity index (χ1) is 5.63. The molecule has 1 rings (SSSR count). The van der Waals surface area contributed by atoms with Crippen molar-refractivity contribution < 1.29 is 14.9 Å². The number of ether oxygens (including phenoxy) is 1. The van der Waals surface area contributed by atoms with Crippen molar-refractivity contribution in [3.8, 4) is 0 Å². The summed E-state index contributed by atoms with van der Waals surface area (Å²) < 4.78 is 5.18. The minimum atomic E-state index is -1.24. The van der Waals surface area contributed by atoms with Crippen LogP contribution in [0.3, 0.4) is 0 Å². The molecule has 72 valence electrons. The molecule has 0 aromatic rings. The first-order valence-corrected chi connectivity index (χ1v) is 4.52. The molecule has 3 nitrogen and oxygen atoms in total. The van der Waals surface area contributed by atoms with E-state index in [1.54, 1.807) is 7.11 Å². The molecule has 1 saturated carbocycles. The topological polar surface area (TPSA) is 49.7 Å². The van der Waals surface area contributed by atoms with Crippen molar-refractivity contribution in [3.05, 3.63) is 0 Å². The van der Waals surface area contributed by atoms with Gasteiger partial charge in [-0.1, -0.05) is 12.8 Å². The molecule has 1 aliphatic carbocycles. The molecule has 12 heavy (non-hydrogen) atoms. The first kappa shape index (κ1) is 9.96. The molecule has 0 aromatic carbocycles. The van der Waals surface area contributed by atoms with Crippen LogP contribution < -0.4 is 0 Å². The van der Waals surface area contributed by atoms with Gasteiger partial charge in [-0.3, -0.25) is 0 Å². The second kappa shape index (κ2) is 3.73. The van der Waals surface area contributed by atoms with Gasteiger partial charge in [0.25, 0.3) is 0 Å². The summed E-state index contributed by atoms with van der Waals surface area (Å²) in [5.74, 6) is 0. The fourth-order valence-corrected chi connectivity index (χ4v) is 2.14. The fourth-order valence-electron chi connectivity index (χ4n) is 2.14. The summed E-state index contributed by atoms with van der Waals surface area (Å²) in [5.41, 5.74) is -0.408. The molecule has 1 unspecified atom stereocenters. The molecule has 0 aliphatic heterocycles. The third-order valence-corrected chi connectivity index (χ3v) is 3.21. The lowest BCUT2D eigenvalue weighted by Gasteiger charge is -2.35. The predicted molar refractivity (Wildman–Crippen MR) is 45.6 cm³/mol. The van der Waals surface area contributed by atoms with Gasteiger partial charge in [-0.25, -0.2) is 0 Å². The van der Waals surface area contributed by atoms with Crippen LogP contribution in [0.5, 0.6) is 0 Å². The Morgan fingerprint density at radius 2 is 1.75 bits per heavy atom. The molecule has 1 atom stereocenters. The SMILES string of the molecule is COC(C)C1(C(O)O)CCCC1. The second-order valence-corrected chi connectivity index (χ2v) is 3.69. The second-order valence-electron chi connectivity index (χ2n) is 3.69. The maximum absolute atomic E-state index is 9.28. The summed E-state index contributed by atoms with van der Waals surface area (Å²) in [6.07, 6.45) is 2.56. The number of rotatable bonds is 3. The smallest absolute Gasteiger partial charge is 0.159 e. The predicted octanol–water partition coefficient (Wildman–Crippen LogP) is 0.892. The number of hydrogen-bond acceptors (Lipinski definition) is 3. The van der Waals surface area contributed by atoms with Crippen LogP contribution in [-0.2, 0) is 4.74 Å². The van der Waals surface area contributed by atoms with E-state index in [1.807, 2.05) is 6.92 Å². The van der Waals surface area contributed by atoms with Crippen molar-refractivity contribution in [2.24, 2.45) is 5.41 Å². The van der Waals surface area contributed by atoms with E-state index in [9.17, 15) is 10.2 Å². The highest BCUT2D eigenvalue weighted by atomic mass is 16.5. The number of hydrogen-bond donors (Lipinski definition) is 2. The summed E-state index contributed by atoms with van der Waals surface area (Å²) in [4.78, 5) is 0. The van der Waals surface area contributed by atoms with Crippen molar-refractivity contribution in [2.45, 2.75) is 45.0 Å². The van der Waals surface area contributed by atoms with Crippen LogP contribution in [-0.4, -0.2) is 29.7 Å². The molecule has 0 saturated heterocycles. The van der Waals surface area contributed by atoms with E-state index >= 15 is 0 Å². The van der Waals surface area contributed by atoms with Crippen molar-refractivity contribution in [3.63, 3.8) is 0 Å². The molecular weight excluding hydrogens is 156 g/mol. The van der Waals surface area contributed by atoms with E-state index in [4.69, 9.17) is 4.74 Å². The lowest BCUT2D eigenvalue weighted by Crippen LogP contribution is -2.42. The summed E-state index contributed by atoms with van der Waals surface area (Å²) in [6.45, 7) is 1.91. The monoisotopic (exact) mass is 174 g/mol. The van der Waals surface area contributed by atoms with Gasteiger partial charge < -0.3 is 14.9 Å². The Labute approximate surface area is 73.4 Å². The number of aliphatic hydroxyl groups excluding tert-OH is 1. The van der Waals surface area contributed by atoms with E-state index in [0.29, 0.717) is 0 Å². The van der Waals surface area contributed by atoms with Gasteiger partial charge in [-0.05, 0) is 19.8 Å². The minimum Gasteiger partial charge on any atom is -0.381 e. The standard InChI is InChI=1S/C9H18O3/c1-7(12-2)9(8(10)11)5-3-4-6-9/h7-8,10-11H,3-6H2,1-2H3. The lowest BCUT2D eigenvalue weighted by atomic mass is 9.80. The van der Waals surface area contributed by atoms with E-state index in [-0.39, 0.29) is 6.10 Å². The largest absolute Gasteiger partial charge is 0.381 e. The lowest BCUT2D eigenvalue weighted by molar-refractivity contribution is -0.177. The molecule has 1 fully saturated rings. The van der Waals surface area contributed by atoms with Crippen LogP contribution in [0.1, 0.15) is 32.6 Å². The van der Waals surface area contributed by atoms with Crippen molar-refractivity contribution in [1.29, 1.82) is 0 Å². The van der Waals surface area contributed by atoms with Gasteiger partial charge in [0.1, 0.15) is 0 Å². The normalized spacial score (nSPS) is 24.8. The maximum Gasteiger partial charge on any atom is 0.159 e. The third-order valence-electron chi connectivity index (χ3n) is 3.21. The Balaban J connectivity index is 2.71. The Morgan fingerprint density at radius 3 is 2.08 bits per heavy atom. The fraction of sp³-hybridized carbons (Fsp3) is 1.00. The molecule has 0 aromatic heterocycles. The molecule has 0 amide bonds. The van der Waals surface area contributed by atoms with Crippen LogP contribution in [0, 0.1) is 5.41 Å². The van der Waals surface area contributed by atoms with E-state index < -0.39 is 11.7 Å². The Kier molecular flexibility index (Phi) is 3.09. The van der Waals surface area contributed by atoms with Crippen molar-refractivity contribution in [1.82, 2.24) is 0 Å². The quantitative estimate of drug-likeness (QED) is 0.625. The van der Waals surface area contributed by atoms with Gasteiger partial charge in [0.2, 0.25) is 0 Å². The Bertz CT molecular complexity index is 139. The van der Waals surface area contributed by atoms with Gasteiger partial charge in [0.05, 0.1) is 6.10 Å². The van der Waals surface area contributed by atoms with Gasteiger partial charge >= 0.3 is 0 Å². The average molecular weight is 174 g/mol. The molecule has 1 aliphatic rings. The molecule has 2 N–H and O–H groups in total. The zero-order valence-corrected chi connectivity index (χ0v) is 7.79. The van der Waals surface area contributed by atoms with Gasteiger partial charge in [0, 0.05) is 12.5 Å². The zero-order chi connectivity index (χ0) is 9.19. The highest BCUT2D eigenvalue weighted by Gasteiger charge is 2.44. The Morgan fingerprint density at radius 1 is 1.25 bits per heavy atom. The van der Waals surface area contributed by atoms with Crippen LogP contribution in [0.15, 0.2) is 0 Å². The average Bonchev–Trinajstić information content (AvgIpc) is 2.52. The highest BCUT2D eigenvalue weighted by molar-refractivity contribution is 4.91. The molecule has 0 bridgehead atoms. The van der Waals surface area contributed by atoms with Gasteiger partial charge in [-0.2, -0.15) is 0 Å². The molecule has 0 heterocycles. The van der Waals surface area contributed by atoms with Crippen molar-refractivity contribution >= 4 is 0 Å². The molecule has 0 radical (unpaired) electrons. The number of aliphatic hydroxyl groups is 2. The first-order valence-electron chi connectivity index (χ1n) is 4.52. The van der Waals surface area contributed by atoms with Crippen LogP contribution in [0.25, 0.3) is 0 Å². The molecular formula is C9H18O3. The molecule has 0 spiro atoms. The van der Waals surface area contributed by atoms with E-state index in [0.717, 1.165) is 25.7 Å². The van der Waals surface area contributed by atoms with Crippen molar-refractivity contribution in [2.75, 3.05) is 7.11 Å². The van der Waals surface area contributed by atoms with E-state index in [1.165, 1.54) is 0 Å². The summed E-state index contributed by atoms with van der Waals surface area (Å²) in [6, 6.07) is 0. The van der Waals surface area contributed by atoms with E-state index in [2.05, 4.69) is 0 Å². The van der Waals surface area contributed by atoms with Gasteiger partial charge in [-0.15, -0.1) is 0 Å². The summed E-state index contributed by atoms with van der Waals surface area (Å²) in [7, 11) is 1.62. The molecule has 3 heteroatoms. The Hall–Kier alpha value is -0.120. The minimum absolute atomic E-state index is 0.0694. The summed E-state index contributed by atoms with van der Waals surface area (Å²) >= 11 is 0. The summed E-state index contributed by atoms with van der Waals surface area (Å²) in [5, 5.41) is 18.6. The third kappa shape index (κ3) is 1.49. The van der Waals surface area contributed by atoms with Crippen LogP contribution >= 0.6 is 0 Å². The number of methoxy groups -OCH3 is 1. The maximum atomic E-state index is 9.28.